The molecule has 134 valence electrons. The maximum atomic E-state index is 14.2. The van der Waals surface area contributed by atoms with Gasteiger partial charge in [0, 0.05) is 23.1 Å². The largest absolute Gasteiger partial charge is 0.479 e. The van der Waals surface area contributed by atoms with Gasteiger partial charge in [-0.15, -0.1) is 0 Å². The number of halogens is 3. The summed E-state index contributed by atoms with van der Waals surface area (Å²) in [6.07, 6.45) is 3.83. The first-order valence-electron chi connectivity index (χ1n) is 7.64. The van der Waals surface area contributed by atoms with Crippen LogP contribution < -0.4 is 10.1 Å². The molecule has 1 N–H and O–H groups in total. The number of rotatable bonds is 5. The van der Waals surface area contributed by atoms with Crippen molar-refractivity contribution < 1.29 is 13.9 Å². The molecular formula is C18H14Cl2FN3O2. The number of amides is 1. The Bertz CT molecular complexity index is 932. The van der Waals surface area contributed by atoms with Crippen LogP contribution in [0.15, 0.2) is 55.1 Å². The summed E-state index contributed by atoms with van der Waals surface area (Å²) in [7, 11) is 0. The molecule has 26 heavy (non-hydrogen) atoms. The third-order valence-corrected chi connectivity index (χ3v) is 4.10. The molecule has 0 aliphatic rings. The van der Waals surface area contributed by atoms with Gasteiger partial charge in [0.1, 0.15) is 11.6 Å². The molecule has 2 aromatic carbocycles. The average Bonchev–Trinajstić information content (AvgIpc) is 3.11. The van der Waals surface area contributed by atoms with Crippen molar-refractivity contribution in [3.05, 3.63) is 71.0 Å². The Morgan fingerprint density at radius 1 is 1.27 bits per heavy atom. The van der Waals surface area contributed by atoms with Gasteiger partial charge in [-0.1, -0.05) is 23.2 Å². The number of nitrogens with one attached hydrogen (secondary N) is 1. The number of carbonyl (C=O) groups excluding carboxylic acids is 1. The Hall–Kier alpha value is -2.57. The van der Waals surface area contributed by atoms with E-state index < -0.39 is 17.8 Å². The number of ether oxygens (including phenoxy) is 1. The molecular weight excluding hydrogens is 380 g/mol. The fourth-order valence-corrected chi connectivity index (χ4v) is 2.71. The van der Waals surface area contributed by atoms with Gasteiger partial charge in [0.15, 0.2) is 6.10 Å². The van der Waals surface area contributed by atoms with Crippen LogP contribution in [0, 0.1) is 5.82 Å². The highest BCUT2D eigenvalue weighted by Crippen LogP contribution is 2.28. The molecule has 8 heteroatoms. The quantitative estimate of drug-likeness (QED) is 0.681. The van der Waals surface area contributed by atoms with Crippen molar-refractivity contribution in [2.24, 2.45) is 0 Å². The molecule has 3 aromatic rings. The smallest absolute Gasteiger partial charge is 0.265 e. The van der Waals surface area contributed by atoms with Crippen LogP contribution in [0.4, 0.5) is 10.1 Å². The van der Waals surface area contributed by atoms with Gasteiger partial charge in [0.2, 0.25) is 0 Å². The summed E-state index contributed by atoms with van der Waals surface area (Å²) in [5.41, 5.74) is 0.645. The summed E-state index contributed by atoms with van der Waals surface area (Å²) in [6.45, 7) is 1.57. The second-order valence-corrected chi connectivity index (χ2v) is 6.30. The van der Waals surface area contributed by atoms with Crippen molar-refractivity contribution in [2.45, 2.75) is 13.0 Å². The number of benzene rings is 2. The number of carbonyl (C=O) groups is 1. The van der Waals surface area contributed by atoms with Gasteiger partial charge in [0.25, 0.3) is 5.91 Å². The van der Waals surface area contributed by atoms with Crippen LogP contribution in [0.3, 0.4) is 0 Å². The SMILES string of the molecule is CC(Oc1ccc(Cl)cc1Cl)C(=O)Nc1ccc(-n2ccnc2)c(F)c1. The molecule has 0 radical (unpaired) electrons. The number of hydrogen-bond donors (Lipinski definition) is 1. The van der Waals surface area contributed by atoms with E-state index in [4.69, 9.17) is 27.9 Å². The van der Waals surface area contributed by atoms with Crippen molar-refractivity contribution >= 4 is 34.8 Å². The topological polar surface area (TPSA) is 56.1 Å². The van der Waals surface area contributed by atoms with Gasteiger partial charge in [-0.2, -0.15) is 0 Å². The van der Waals surface area contributed by atoms with E-state index in [1.807, 2.05) is 0 Å². The molecule has 0 aliphatic carbocycles. The van der Waals surface area contributed by atoms with Crippen molar-refractivity contribution in [3.8, 4) is 11.4 Å². The standard InChI is InChI=1S/C18H14Cl2FN3O2/c1-11(26-17-5-2-12(19)8-14(17)20)18(25)23-13-3-4-16(15(21)9-13)24-7-6-22-10-24/h2-11H,1H3,(H,23,25). The highest BCUT2D eigenvalue weighted by atomic mass is 35.5. The molecule has 1 heterocycles. The molecule has 1 amide bonds. The van der Waals surface area contributed by atoms with E-state index in [0.29, 0.717) is 27.2 Å². The molecule has 0 spiro atoms. The van der Waals surface area contributed by atoms with E-state index in [1.54, 1.807) is 43.6 Å². The third-order valence-electron chi connectivity index (χ3n) is 3.56. The molecule has 0 fully saturated rings. The lowest BCUT2D eigenvalue weighted by Gasteiger charge is -2.16. The number of imidazole rings is 1. The third kappa shape index (κ3) is 4.15. The van der Waals surface area contributed by atoms with E-state index >= 15 is 0 Å². The second kappa shape index (κ2) is 7.76. The lowest BCUT2D eigenvalue weighted by atomic mass is 10.2. The number of aromatic nitrogens is 2. The van der Waals surface area contributed by atoms with Crippen LogP contribution in [-0.4, -0.2) is 21.6 Å². The van der Waals surface area contributed by atoms with E-state index in [9.17, 15) is 9.18 Å². The molecule has 1 aromatic heterocycles. The van der Waals surface area contributed by atoms with Crippen LogP contribution in [-0.2, 0) is 4.79 Å². The minimum absolute atomic E-state index is 0.299. The summed E-state index contributed by atoms with van der Waals surface area (Å²) >= 11 is 11.9. The first-order chi connectivity index (χ1) is 12.4. The monoisotopic (exact) mass is 393 g/mol. The molecule has 1 unspecified atom stereocenters. The summed E-state index contributed by atoms with van der Waals surface area (Å²) in [5.74, 6) is -0.596. The summed E-state index contributed by atoms with van der Waals surface area (Å²) in [4.78, 5) is 16.2. The van der Waals surface area contributed by atoms with Gasteiger partial charge >= 0.3 is 0 Å². The van der Waals surface area contributed by atoms with E-state index in [-0.39, 0.29) is 0 Å². The summed E-state index contributed by atoms with van der Waals surface area (Å²) < 4.78 is 21.3. The summed E-state index contributed by atoms with van der Waals surface area (Å²) in [5, 5.41) is 3.37. The maximum Gasteiger partial charge on any atom is 0.265 e. The van der Waals surface area contributed by atoms with Crippen molar-refractivity contribution in [1.82, 2.24) is 9.55 Å². The van der Waals surface area contributed by atoms with Crippen LogP contribution in [0.2, 0.25) is 10.0 Å². The van der Waals surface area contributed by atoms with Gasteiger partial charge in [-0.05, 0) is 43.3 Å². The van der Waals surface area contributed by atoms with Crippen molar-refractivity contribution in [3.63, 3.8) is 0 Å². The number of hydrogen-bond acceptors (Lipinski definition) is 3. The second-order valence-electron chi connectivity index (χ2n) is 5.46. The maximum absolute atomic E-state index is 14.2. The normalized spacial score (nSPS) is 11.8. The molecule has 5 nitrogen and oxygen atoms in total. The Morgan fingerprint density at radius 3 is 2.73 bits per heavy atom. The average molecular weight is 394 g/mol. The predicted molar refractivity (Wildman–Crippen MR) is 98.7 cm³/mol. The summed E-state index contributed by atoms with van der Waals surface area (Å²) in [6, 6.07) is 9.08. The Balaban J connectivity index is 1.68. The first kappa shape index (κ1) is 18.2. The van der Waals surface area contributed by atoms with Crippen LogP contribution in [0.5, 0.6) is 5.75 Å². The lowest BCUT2D eigenvalue weighted by Crippen LogP contribution is -2.30. The van der Waals surface area contributed by atoms with E-state index in [0.717, 1.165) is 0 Å². The van der Waals surface area contributed by atoms with Crippen LogP contribution in [0.25, 0.3) is 5.69 Å². The fourth-order valence-electron chi connectivity index (χ4n) is 2.25. The van der Waals surface area contributed by atoms with E-state index in [1.165, 1.54) is 23.0 Å². The van der Waals surface area contributed by atoms with Gasteiger partial charge in [-0.25, -0.2) is 9.37 Å². The molecule has 0 bridgehead atoms. The minimum Gasteiger partial charge on any atom is -0.479 e. The fraction of sp³-hybridized carbons (Fsp3) is 0.111. The Kier molecular flexibility index (Phi) is 5.44. The highest BCUT2D eigenvalue weighted by molar-refractivity contribution is 6.35. The number of anilines is 1. The van der Waals surface area contributed by atoms with E-state index in [2.05, 4.69) is 10.3 Å². The Labute approximate surface area is 159 Å². The van der Waals surface area contributed by atoms with Crippen LogP contribution >= 0.6 is 23.2 Å². The Morgan fingerprint density at radius 2 is 2.08 bits per heavy atom. The highest BCUT2D eigenvalue weighted by Gasteiger charge is 2.17. The van der Waals surface area contributed by atoms with Gasteiger partial charge in [-0.3, -0.25) is 4.79 Å². The zero-order valence-corrected chi connectivity index (χ0v) is 15.1. The molecule has 1 atom stereocenters. The zero-order valence-electron chi connectivity index (χ0n) is 13.6. The number of nitrogens with zero attached hydrogens (tertiary/aromatic N) is 2. The van der Waals surface area contributed by atoms with Crippen molar-refractivity contribution in [2.75, 3.05) is 5.32 Å². The first-order valence-corrected chi connectivity index (χ1v) is 8.40. The molecule has 0 saturated heterocycles. The molecule has 3 rings (SSSR count). The van der Waals surface area contributed by atoms with Gasteiger partial charge in [0.05, 0.1) is 17.0 Å². The minimum atomic E-state index is -0.843. The van der Waals surface area contributed by atoms with Crippen LogP contribution in [0.1, 0.15) is 6.92 Å². The van der Waals surface area contributed by atoms with Gasteiger partial charge < -0.3 is 14.6 Å². The zero-order chi connectivity index (χ0) is 18.7. The lowest BCUT2D eigenvalue weighted by molar-refractivity contribution is -0.122. The molecule has 0 saturated carbocycles. The molecule has 0 aliphatic heterocycles. The predicted octanol–water partition coefficient (Wildman–Crippen LogP) is 4.72. The van der Waals surface area contributed by atoms with Crippen molar-refractivity contribution in [1.29, 1.82) is 0 Å².